The molecular formula is C24H26FN5O3. The molecular weight excluding hydrogens is 425 g/mol. The van der Waals surface area contributed by atoms with E-state index in [-0.39, 0.29) is 24.9 Å². The highest BCUT2D eigenvalue weighted by molar-refractivity contribution is 6.09. The van der Waals surface area contributed by atoms with Gasteiger partial charge in [-0.3, -0.25) is 4.79 Å². The second kappa shape index (κ2) is 7.69. The summed E-state index contributed by atoms with van der Waals surface area (Å²) in [6.07, 6.45) is 8.77. The van der Waals surface area contributed by atoms with Crippen molar-refractivity contribution >= 4 is 22.9 Å². The Labute approximate surface area is 190 Å². The van der Waals surface area contributed by atoms with E-state index >= 15 is 0 Å². The van der Waals surface area contributed by atoms with Crippen LogP contribution < -0.4 is 15.0 Å². The molecule has 2 aliphatic heterocycles. The summed E-state index contributed by atoms with van der Waals surface area (Å²) in [6, 6.07) is 5.73. The van der Waals surface area contributed by atoms with Gasteiger partial charge in [-0.05, 0) is 30.9 Å². The maximum atomic E-state index is 14.6. The van der Waals surface area contributed by atoms with E-state index < -0.39 is 12.3 Å². The molecule has 6 rings (SSSR count). The Bertz CT molecular complexity index is 1220. The van der Waals surface area contributed by atoms with Crippen LogP contribution in [0.5, 0.6) is 5.75 Å². The van der Waals surface area contributed by atoms with Crippen molar-refractivity contribution < 1.29 is 19.0 Å². The zero-order chi connectivity index (χ0) is 22.6. The number of rotatable bonds is 5. The molecule has 2 fully saturated rings. The Balaban J connectivity index is 1.32. The molecule has 2 N–H and O–H groups in total. The summed E-state index contributed by atoms with van der Waals surface area (Å²) in [5.74, 6) is 1.15. The fourth-order valence-corrected chi connectivity index (χ4v) is 4.88. The first-order valence-electron chi connectivity index (χ1n) is 11.5. The highest BCUT2D eigenvalue weighted by Gasteiger charge is 2.39. The van der Waals surface area contributed by atoms with Gasteiger partial charge in [0.25, 0.3) is 5.91 Å². The minimum atomic E-state index is -1.55. The van der Waals surface area contributed by atoms with Gasteiger partial charge in [-0.2, -0.15) is 5.10 Å². The van der Waals surface area contributed by atoms with Gasteiger partial charge in [-0.25, -0.2) is 13.9 Å². The van der Waals surface area contributed by atoms with Crippen LogP contribution in [0.15, 0.2) is 36.8 Å². The van der Waals surface area contributed by atoms with E-state index in [2.05, 4.69) is 20.3 Å². The normalized spacial score (nSPS) is 21.6. The van der Waals surface area contributed by atoms with Crippen molar-refractivity contribution in [2.75, 3.05) is 29.9 Å². The minimum Gasteiger partial charge on any atom is -0.489 e. The molecule has 0 spiro atoms. The van der Waals surface area contributed by atoms with Crippen molar-refractivity contribution in [3.8, 4) is 5.75 Å². The van der Waals surface area contributed by atoms with E-state index in [9.17, 15) is 14.3 Å². The summed E-state index contributed by atoms with van der Waals surface area (Å²) in [5, 5.41) is 16.7. The lowest BCUT2D eigenvalue weighted by molar-refractivity contribution is 0.0481. The number of nitrogens with zero attached hydrogens (tertiary/aromatic N) is 4. The molecule has 1 aromatic carbocycles. The number of anilines is 2. The van der Waals surface area contributed by atoms with E-state index in [1.54, 1.807) is 23.0 Å². The van der Waals surface area contributed by atoms with Crippen LogP contribution in [0.1, 0.15) is 41.6 Å². The fourth-order valence-electron chi connectivity index (χ4n) is 4.88. The average Bonchev–Trinajstić information content (AvgIpc) is 3.46. The topological polar surface area (TPSA) is 92.0 Å². The fraction of sp³-hybridized carbons (Fsp3) is 0.458. The summed E-state index contributed by atoms with van der Waals surface area (Å²) < 4.78 is 22.4. The molecule has 33 heavy (non-hydrogen) atoms. The molecule has 3 aromatic rings. The highest BCUT2D eigenvalue weighted by atomic mass is 19.1. The molecule has 1 saturated heterocycles. The van der Waals surface area contributed by atoms with Gasteiger partial charge in [0.05, 0.1) is 24.2 Å². The monoisotopic (exact) mass is 451 g/mol. The van der Waals surface area contributed by atoms with Crippen molar-refractivity contribution in [1.82, 2.24) is 14.6 Å². The summed E-state index contributed by atoms with van der Waals surface area (Å²) in [4.78, 5) is 19.5. The Morgan fingerprint density at radius 3 is 2.88 bits per heavy atom. The van der Waals surface area contributed by atoms with Crippen molar-refractivity contribution in [2.24, 2.45) is 5.92 Å². The second-order valence-corrected chi connectivity index (χ2v) is 9.37. The number of fused-ring (bicyclic) bond motifs is 2. The molecule has 0 bridgehead atoms. The molecule has 4 heterocycles. The predicted octanol–water partition coefficient (Wildman–Crippen LogP) is 3.00. The van der Waals surface area contributed by atoms with Crippen LogP contribution in [0.25, 0.3) is 5.65 Å². The number of carbonyl (C=O) groups is 1. The molecule has 0 radical (unpaired) electrons. The first kappa shape index (κ1) is 20.4. The van der Waals surface area contributed by atoms with Gasteiger partial charge in [0.15, 0.2) is 5.65 Å². The first-order chi connectivity index (χ1) is 16.0. The Morgan fingerprint density at radius 2 is 2.12 bits per heavy atom. The number of alkyl halides is 1. The maximum Gasteiger partial charge on any atom is 0.261 e. The molecule has 1 atom stereocenters. The first-order valence-corrected chi connectivity index (χ1v) is 11.5. The van der Waals surface area contributed by atoms with Crippen LogP contribution in [0.4, 0.5) is 15.8 Å². The Hall–Kier alpha value is -3.20. The third-order valence-corrected chi connectivity index (χ3v) is 7.08. The molecule has 1 unspecified atom stereocenters. The van der Waals surface area contributed by atoms with E-state index in [1.807, 2.05) is 12.1 Å². The van der Waals surface area contributed by atoms with Crippen molar-refractivity contribution in [3.05, 3.63) is 47.9 Å². The van der Waals surface area contributed by atoms with E-state index in [0.717, 1.165) is 23.4 Å². The number of amides is 1. The van der Waals surface area contributed by atoms with Gasteiger partial charge >= 0.3 is 0 Å². The lowest BCUT2D eigenvalue weighted by Crippen LogP contribution is -2.44. The number of hydrogen-bond donors (Lipinski definition) is 2. The van der Waals surface area contributed by atoms with Crippen molar-refractivity contribution in [1.29, 1.82) is 0 Å². The third-order valence-electron chi connectivity index (χ3n) is 7.08. The highest BCUT2D eigenvalue weighted by Crippen LogP contribution is 2.45. The lowest BCUT2D eigenvalue weighted by atomic mass is 9.93. The van der Waals surface area contributed by atoms with Crippen LogP contribution in [-0.2, 0) is 6.42 Å². The van der Waals surface area contributed by atoms with Crippen molar-refractivity contribution in [2.45, 2.75) is 43.9 Å². The largest absolute Gasteiger partial charge is 0.489 e. The van der Waals surface area contributed by atoms with E-state index in [4.69, 9.17) is 4.74 Å². The summed E-state index contributed by atoms with van der Waals surface area (Å²) in [5.41, 5.74) is 1.88. The molecule has 3 aliphatic rings. The Morgan fingerprint density at radius 1 is 1.30 bits per heavy atom. The number of carbonyl (C=O) groups excluding carboxylic acids is 1. The molecule has 9 heteroatoms. The van der Waals surface area contributed by atoms with Gasteiger partial charge in [-0.1, -0.05) is 0 Å². The molecule has 1 amide bonds. The number of aliphatic hydroxyl groups is 1. The van der Waals surface area contributed by atoms with Crippen LogP contribution in [-0.4, -0.2) is 57.1 Å². The van der Waals surface area contributed by atoms with Crippen LogP contribution >= 0.6 is 0 Å². The van der Waals surface area contributed by atoms with Gasteiger partial charge in [-0.15, -0.1) is 0 Å². The minimum absolute atomic E-state index is 0.192. The number of benzene rings is 1. The van der Waals surface area contributed by atoms with Gasteiger partial charge in [0, 0.05) is 56.4 Å². The Kier molecular flexibility index (Phi) is 4.76. The predicted molar refractivity (Wildman–Crippen MR) is 121 cm³/mol. The number of nitrogens with one attached hydrogen (secondary N) is 1. The number of hydrogen-bond acceptors (Lipinski definition) is 6. The molecule has 2 aromatic heterocycles. The number of ether oxygens (including phenoxy) is 1. The SMILES string of the molecule is O=C(Nc1cc2c(cc1N1CCC(F)(CO)CC1)OC(C1CC1)C2)c1cnn2cccnc12. The number of halogens is 1. The smallest absolute Gasteiger partial charge is 0.261 e. The summed E-state index contributed by atoms with van der Waals surface area (Å²) in [6.45, 7) is 0.425. The molecule has 1 saturated carbocycles. The molecule has 172 valence electrons. The van der Waals surface area contributed by atoms with Crippen molar-refractivity contribution in [3.63, 3.8) is 0 Å². The zero-order valence-electron chi connectivity index (χ0n) is 18.2. The summed E-state index contributed by atoms with van der Waals surface area (Å²) in [7, 11) is 0. The molecule has 1 aliphatic carbocycles. The standard InChI is InChI=1S/C24H26FN5O3/c25-24(14-31)4-8-29(9-5-24)19-12-21-16(11-20(33-21)15-2-3-15)10-18(19)28-23(32)17-13-27-30-7-1-6-26-22(17)30/h1,6-7,10,12-13,15,20,31H,2-5,8-9,11,14H2,(H,28,32). The molecule has 8 nitrogen and oxygen atoms in total. The quantitative estimate of drug-likeness (QED) is 0.620. The average molecular weight is 452 g/mol. The number of piperidine rings is 1. The van der Waals surface area contributed by atoms with Crippen LogP contribution in [0.3, 0.4) is 0 Å². The zero-order valence-corrected chi connectivity index (χ0v) is 18.2. The third kappa shape index (κ3) is 3.70. The van der Waals surface area contributed by atoms with E-state index in [0.29, 0.717) is 35.9 Å². The maximum absolute atomic E-state index is 14.6. The number of aromatic nitrogens is 3. The van der Waals surface area contributed by atoms with Crippen LogP contribution in [0, 0.1) is 5.92 Å². The van der Waals surface area contributed by atoms with Gasteiger partial charge in [0.1, 0.15) is 23.1 Å². The van der Waals surface area contributed by atoms with Crippen LogP contribution in [0.2, 0.25) is 0 Å². The van der Waals surface area contributed by atoms with Gasteiger partial charge < -0.3 is 20.1 Å². The van der Waals surface area contributed by atoms with Gasteiger partial charge in [0.2, 0.25) is 0 Å². The summed E-state index contributed by atoms with van der Waals surface area (Å²) >= 11 is 0. The van der Waals surface area contributed by atoms with E-state index in [1.165, 1.54) is 19.0 Å². The lowest BCUT2D eigenvalue weighted by Gasteiger charge is -2.37. The number of aliphatic hydroxyl groups excluding tert-OH is 1. The second-order valence-electron chi connectivity index (χ2n) is 9.37.